The fourth-order valence-electron chi connectivity index (χ4n) is 1.69. The molecule has 0 atom stereocenters. The maximum Gasteiger partial charge on any atom is 0.304 e. The number of hydrogen-bond acceptors (Lipinski definition) is 4. The number of ether oxygens (including phenoxy) is 1. The van der Waals surface area contributed by atoms with Crippen molar-refractivity contribution >= 4 is 11.9 Å². The average Bonchev–Trinajstić information content (AvgIpc) is 2.27. The summed E-state index contributed by atoms with van der Waals surface area (Å²) >= 11 is 0. The molecule has 6 nitrogen and oxygen atoms in total. The highest BCUT2D eigenvalue weighted by molar-refractivity contribution is 5.77. The second-order valence-electron chi connectivity index (χ2n) is 3.80. The van der Waals surface area contributed by atoms with E-state index >= 15 is 0 Å². The van der Waals surface area contributed by atoms with Gasteiger partial charge in [-0.3, -0.25) is 14.5 Å². The van der Waals surface area contributed by atoms with E-state index in [2.05, 4.69) is 4.90 Å². The van der Waals surface area contributed by atoms with Crippen LogP contribution in [0.4, 0.5) is 0 Å². The minimum atomic E-state index is -0.780. The molecule has 0 aliphatic carbocycles. The standard InChI is InChI=1S/C10H18N2O4/c1-16-8-9(13)12-6-4-11(5-7-12)3-2-10(14)15/h2-8H2,1H3,(H,14,15). The lowest BCUT2D eigenvalue weighted by atomic mass is 10.3. The van der Waals surface area contributed by atoms with Gasteiger partial charge in [-0.05, 0) is 0 Å². The van der Waals surface area contributed by atoms with E-state index in [0.717, 1.165) is 13.1 Å². The molecule has 0 saturated carbocycles. The number of carbonyl (C=O) groups excluding carboxylic acids is 1. The second-order valence-corrected chi connectivity index (χ2v) is 3.80. The molecule has 1 rings (SSSR count). The van der Waals surface area contributed by atoms with Crippen molar-refractivity contribution in [2.24, 2.45) is 0 Å². The van der Waals surface area contributed by atoms with Crippen LogP contribution in [0.1, 0.15) is 6.42 Å². The Morgan fingerprint density at radius 3 is 2.38 bits per heavy atom. The molecule has 6 heteroatoms. The average molecular weight is 230 g/mol. The smallest absolute Gasteiger partial charge is 0.304 e. The quantitative estimate of drug-likeness (QED) is 0.673. The van der Waals surface area contributed by atoms with Gasteiger partial charge in [0.15, 0.2) is 0 Å². The van der Waals surface area contributed by atoms with E-state index in [1.165, 1.54) is 7.11 Å². The molecule has 0 aromatic carbocycles. The second kappa shape index (κ2) is 6.44. The number of carbonyl (C=O) groups is 2. The number of nitrogens with zero attached hydrogens (tertiary/aromatic N) is 2. The topological polar surface area (TPSA) is 70.1 Å². The molecule has 0 unspecified atom stereocenters. The Morgan fingerprint density at radius 2 is 1.88 bits per heavy atom. The van der Waals surface area contributed by atoms with Crippen LogP contribution >= 0.6 is 0 Å². The van der Waals surface area contributed by atoms with E-state index in [1.54, 1.807) is 4.90 Å². The molecule has 0 spiro atoms. The normalized spacial score (nSPS) is 17.4. The van der Waals surface area contributed by atoms with Gasteiger partial charge >= 0.3 is 5.97 Å². The summed E-state index contributed by atoms with van der Waals surface area (Å²) in [5.74, 6) is -0.779. The summed E-state index contributed by atoms with van der Waals surface area (Å²) in [5, 5.41) is 8.55. The predicted molar refractivity (Wildman–Crippen MR) is 57.1 cm³/mol. The number of carboxylic acid groups (broad SMARTS) is 1. The van der Waals surface area contributed by atoms with E-state index in [-0.39, 0.29) is 18.9 Å². The molecule has 1 N–H and O–H groups in total. The molecule has 16 heavy (non-hydrogen) atoms. The first-order valence-electron chi connectivity index (χ1n) is 5.34. The van der Waals surface area contributed by atoms with E-state index in [4.69, 9.17) is 9.84 Å². The number of rotatable bonds is 5. The van der Waals surface area contributed by atoms with Crippen LogP contribution in [-0.4, -0.2) is 73.2 Å². The van der Waals surface area contributed by atoms with E-state index in [1.807, 2.05) is 0 Å². The maximum absolute atomic E-state index is 11.5. The molecule has 92 valence electrons. The van der Waals surface area contributed by atoms with Crippen LogP contribution in [0.5, 0.6) is 0 Å². The largest absolute Gasteiger partial charge is 0.481 e. The fraction of sp³-hybridized carbons (Fsp3) is 0.800. The van der Waals surface area contributed by atoms with E-state index in [9.17, 15) is 9.59 Å². The van der Waals surface area contributed by atoms with E-state index in [0.29, 0.717) is 19.6 Å². The summed E-state index contributed by atoms with van der Waals surface area (Å²) in [5.41, 5.74) is 0. The zero-order valence-corrected chi connectivity index (χ0v) is 9.52. The molecule has 1 aliphatic rings. The Morgan fingerprint density at radius 1 is 1.25 bits per heavy atom. The Kier molecular flexibility index (Phi) is 5.21. The lowest BCUT2D eigenvalue weighted by molar-refractivity contribution is -0.139. The lowest BCUT2D eigenvalue weighted by Gasteiger charge is -2.34. The lowest BCUT2D eigenvalue weighted by Crippen LogP contribution is -2.49. The van der Waals surface area contributed by atoms with Gasteiger partial charge in [0.1, 0.15) is 6.61 Å². The molecule has 0 aromatic rings. The molecule has 0 aromatic heterocycles. The molecule has 0 bridgehead atoms. The van der Waals surface area contributed by atoms with Crippen molar-refractivity contribution in [2.45, 2.75) is 6.42 Å². The summed E-state index contributed by atoms with van der Waals surface area (Å²) in [6, 6.07) is 0. The van der Waals surface area contributed by atoms with Crippen LogP contribution in [0.15, 0.2) is 0 Å². The SMILES string of the molecule is COCC(=O)N1CCN(CCC(=O)O)CC1. The van der Waals surface area contributed by atoms with Gasteiger partial charge in [-0.1, -0.05) is 0 Å². The van der Waals surface area contributed by atoms with Crippen LogP contribution in [0.2, 0.25) is 0 Å². The van der Waals surface area contributed by atoms with Gasteiger partial charge in [0.05, 0.1) is 6.42 Å². The van der Waals surface area contributed by atoms with Gasteiger partial charge in [0.25, 0.3) is 0 Å². The van der Waals surface area contributed by atoms with Crippen LogP contribution in [0, 0.1) is 0 Å². The summed E-state index contributed by atoms with van der Waals surface area (Å²) in [4.78, 5) is 25.7. The molecule has 1 amide bonds. The third-order valence-corrected chi connectivity index (χ3v) is 2.63. The van der Waals surface area contributed by atoms with Crippen molar-refractivity contribution in [3.63, 3.8) is 0 Å². The van der Waals surface area contributed by atoms with Gasteiger partial charge in [-0.2, -0.15) is 0 Å². The van der Waals surface area contributed by atoms with Crippen LogP contribution in [-0.2, 0) is 14.3 Å². The van der Waals surface area contributed by atoms with Crippen molar-refractivity contribution in [2.75, 3.05) is 46.4 Å². The molecule has 1 aliphatic heterocycles. The summed E-state index contributed by atoms with van der Waals surface area (Å²) in [6.07, 6.45) is 0.159. The maximum atomic E-state index is 11.5. The monoisotopic (exact) mass is 230 g/mol. The number of amides is 1. The van der Waals surface area contributed by atoms with Gasteiger partial charge in [0.2, 0.25) is 5.91 Å². The van der Waals surface area contributed by atoms with Gasteiger partial charge in [0, 0.05) is 39.8 Å². The van der Waals surface area contributed by atoms with Gasteiger partial charge in [-0.25, -0.2) is 0 Å². The Labute approximate surface area is 94.8 Å². The molecule has 1 saturated heterocycles. The first kappa shape index (κ1) is 12.9. The first-order chi connectivity index (χ1) is 7.63. The highest BCUT2D eigenvalue weighted by atomic mass is 16.5. The molecular formula is C10H18N2O4. The van der Waals surface area contributed by atoms with Crippen LogP contribution in [0.3, 0.4) is 0 Å². The zero-order chi connectivity index (χ0) is 12.0. The minimum Gasteiger partial charge on any atom is -0.481 e. The van der Waals surface area contributed by atoms with Gasteiger partial charge < -0.3 is 14.7 Å². The van der Waals surface area contributed by atoms with Crippen molar-refractivity contribution in [3.8, 4) is 0 Å². The number of methoxy groups -OCH3 is 1. The molecule has 0 radical (unpaired) electrons. The Bertz CT molecular complexity index is 249. The van der Waals surface area contributed by atoms with Crippen molar-refractivity contribution in [1.82, 2.24) is 9.80 Å². The molecule has 1 heterocycles. The highest BCUT2D eigenvalue weighted by Gasteiger charge is 2.20. The number of piperazine rings is 1. The number of aliphatic carboxylic acids is 1. The molecule has 1 fully saturated rings. The van der Waals surface area contributed by atoms with Crippen molar-refractivity contribution in [1.29, 1.82) is 0 Å². The first-order valence-corrected chi connectivity index (χ1v) is 5.34. The van der Waals surface area contributed by atoms with E-state index < -0.39 is 5.97 Å². The third kappa shape index (κ3) is 4.16. The van der Waals surface area contributed by atoms with Crippen molar-refractivity contribution in [3.05, 3.63) is 0 Å². The number of hydrogen-bond donors (Lipinski definition) is 1. The van der Waals surface area contributed by atoms with Crippen LogP contribution < -0.4 is 0 Å². The summed E-state index contributed by atoms with van der Waals surface area (Å²) in [6.45, 7) is 3.46. The van der Waals surface area contributed by atoms with Gasteiger partial charge in [-0.15, -0.1) is 0 Å². The number of carboxylic acids is 1. The van der Waals surface area contributed by atoms with Crippen LogP contribution in [0.25, 0.3) is 0 Å². The minimum absolute atomic E-state index is 0.000356. The summed E-state index contributed by atoms with van der Waals surface area (Å²) < 4.78 is 4.78. The Balaban J connectivity index is 2.23. The fourth-order valence-corrected chi connectivity index (χ4v) is 1.69. The predicted octanol–water partition coefficient (Wildman–Crippen LogP) is -0.748. The zero-order valence-electron chi connectivity index (χ0n) is 9.52. The highest BCUT2D eigenvalue weighted by Crippen LogP contribution is 2.03. The molecular weight excluding hydrogens is 212 g/mol. The Hall–Kier alpha value is -1.14. The van der Waals surface area contributed by atoms with Crippen molar-refractivity contribution < 1.29 is 19.4 Å². The summed E-state index contributed by atoms with van der Waals surface area (Å²) in [7, 11) is 1.50. The third-order valence-electron chi connectivity index (χ3n) is 2.63.